The molecule has 0 saturated carbocycles. The molecule has 1 saturated heterocycles. The number of hydrogen-bond acceptors (Lipinski definition) is 5. The van der Waals surface area contributed by atoms with Crippen LogP contribution in [-0.4, -0.2) is 43.7 Å². The van der Waals surface area contributed by atoms with Crippen molar-refractivity contribution in [2.75, 3.05) is 32.8 Å². The Kier molecular flexibility index (Phi) is 6.08. The predicted molar refractivity (Wildman–Crippen MR) is 111 cm³/mol. The number of ether oxygens (including phenoxy) is 1. The fraction of sp³-hybridized carbons (Fsp3) is 0.318. The maximum Gasteiger partial charge on any atom is 0.261 e. The van der Waals surface area contributed by atoms with E-state index in [0.29, 0.717) is 24.6 Å². The summed E-state index contributed by atoms with van der Waals surface area (Å²) in [6.07, 6.45) is 0. The number of amides is 1. The van der Waals surface area contributed by atoms with Gasteiger partial charge >= 0.3 is 0 Å². The molecule has 5 nitrogen and oxygen atoms in total. The van der Waals surface area contributed by atoms with Crippen LogP contribution in [0.5, 0.6) is 0 Å². The maximum atomic E-state index is 13.1. The number of rotatable bonds is 6. The summed E-state index contributed by atoms with van der Waals surface area (Å²) in [5.74, 6) is 1.31. The second-order valence-electron chi connectivity index (χ2n) is 6.99. The van der Waals surface area contributed by atoms with Gasteiger partial charge in [-0.05, 0) is 48.9 Å². The molecule has 4 rings (SSSR count). The summed E-state index contributed by atoms with van der Waals surface area (Å²) in [6, 6.07) is 13.9. The Hall–Kier alpha value is -2.48. The molecule has 0 aliphatic carbocycles. The van der Waals surface area contributed by atoms with Gasteiger partial charge in [0.2, 0.25) is 0 Å². The molecule has 1 N–H and O–H groups in total. The van der Waals surface area contributed by atoms with Crippen molar-refractivity contribution in [2.24, 2.45) is 0 Å². The number of halogens is 1. The molecule has 2 aromatic heterocycles. The van der Waals surface area contributed by atoms with Crippen LogP contribution in [0.2, 0.25) is 0 Å². The van der Waals surface area contributed by atoms with Gasteiger partial charge in [-0.25, -0.2) is 4.39 Å². The normalized spacial score (nSPS) is 15.9. The molecule has 1 fully saturated rings. The van der Waals surface area contributed by atoms with Crippen molar-refractivity contribution in [3.8, 4) is 10.4 Å². The lowest BCUT2D eigenvalue weighted by Gasteiger charge is -2.33. The van der Waals surface area contributed by atoms with E-state index in [-0.39, 0.29) is 17.8 Å². The third-order valence-corrected chi connectivity index (χ3v) is 6.12. The van der Waals surface area contributed by atoms with Gasteiger partial charge in [-0.15, -0.1) is 11.3 Å². The van der Waals surface area contributed by atoms with Crippen molar-refractivity contribution in [1.29, 1.82) is 0 Å². The van der Waals surface area contributed by atoms with Gasteiger partial charge in [0.25, 0.3) is 5.91 Å². The summed E-state index contributed by atoms with van der Waals surface area (Å²) in [6.45, 7) is 5.32. The molecular weight excluding hydrogens is 391 g/mol. The zero-order valence-electron chi connectivity index (χ0n) is 16.2. The molecule has 7 heteroatoms. The van der Waals surface area contributed by atoms with Crippen molar-refractivity contribution in [3.05, 3.63) is 70.7 Å². The largest absolute Gasteiger partial charge is 0.465 e. The van der Waals surface area contributed by atoms with E-state index in [9.17, 15) is 9.18 Å². The molecule has 1 aliphatic rings. The Bertz CT molecular complexity index is 961. The zero-order chi connectivity index (χ0) is 20.2. The summed E-state index contributed by atoms with van der Waals surface area (Å²) in [5.41, 5.74) is 0.896. The average Bonchev–Trinajstić information content (AvgIpc) is 3.39. The van der Waals surface area contributed by atoms with E-state index in [4.69, 9.17) is 9.15 Å². The van der Waals surface area contributed by atoms with E-state index >= 15 is 0 Å². The standard InChI is InChI=1S/C22H23FN2O3S/c1-15-2-7-19(28-15)18(25-10-12-27-13-11-25)14-24-22(26)21-9-8-20(29-21)16-3-5-17(23)6-4-16/h2-9,18H,10-14H2,1H3,(H,24,26). The summed E-state index contributed by atoms with van der Waals surface area (Å²) in [4.78, 5) is 16.6. The van der Waals surface area contributed by atoms with Gasteiger partial charge in [-0.1, -0.05) is 12.1 Å². The monoisotopic (exact) mass is 414 g/mol. The molecule has 0 bridgehead atoms. The summed E-state index contributed by atoms with van der Waals surface area (Å²) < 4.78 is 24.4. The van der Waals surface area contributed by atoms with Crippen LogP contribution in [-0.2, 0) is 4.74 Å². The molecular formula is C22H23FN2O3S. The van der Waals surface area contributed by atoms with Crippen LogP contribution in [0.4, 0.5) is 4.39 Å². The second-order valence-corrected chi connectivity index (χ2v) is 8.08. The molecule has 1 aromatic carbocycles. The summed E-state index contributed by atoms with van der Waals surface area (Å²) in [5, 5.41) is 3.05. The van der Waals surface area contributed by atoms with Crippen molar-refractivity contribution in [2.45, 2.75) is 13.0 Å². The van der Waals surface area contributed by atoms with Gasteiger partial charge in [0.1, 0.15) is 17.3 Å². The van der Waals surface area contributed by atoms with Gasteiger partial charge < -0.3 is 14.5 Å². The number of morpholine rings is 1. The molecule has 1 unspecified atom stereocenters. The number of aryl methyl sites for hydroxylation is 1. The number of nitrogens with one attached hydrogen (secondary N) is 1. The molecule has 29 heavy (non-hydrogen) atoms. The Labute approximate surface area is 173 Å². The van der Waals surface area contributed by atoms with E-state index < -0.39 is 0 Å². The molecule has 0 spiro atoms. The Morgan fingerprint density at radius 2 is 1.90 bits per heavy atom. The van der Waals surface area contributed by atoms with E-state index in [1.54, 1.807) is 18.2 Å². The lowest BCUT2D eigenvalue weighted by Crippen LogP contribution is -2.43. The van der Waals surface area contributed by atoms with Crippen LogP contribution in [0, 0.1) is 12.7 Å². The van der Waals surface area contributed by atoms with Crippen LogP contribution >= 0.6 is 11.3 Å². The highest BCUT2D eigenvalue weighted by Gasteiger charge is 2.26. The predicted octanol–water partition coefficient (Wildman–Crippen LogP) is 4.26. The molecule has 1 atom stereocenters. The number of carbonyl (C=O) groups is 1. The minimum absolute atomic E-state index is 0.0342. The first-order valence-corrected chi connectivity index (χ1v) is 10.4. The lowest BCUT2D eigenvalue weighted by molar-refractivity contribution is 0.0117. The number of nitrogens with zero attached hydrogens (tertiary/aromatic N) is 1. The number of benzene rings is 1. The van der Waals surface area contributed by atoms with E-state index in [1.165, 1.54) is 23.5 Å². The first kappa shape index (κ1) is 19.8. The van der Waals surface area contributed by atoms with Crippen LogP contribution in [0.3, 0.4) is 0 Å². The van der Waals surface area contributed by atoms with Crippen LogP contribution in [0.1, 0.15) is 27.2 Å². The smallest absolute Gasteiger partial charge is 0.261 e. The minimum Gasteiger partial charge on any atom is -0.465 e. The SMILES string of the molecule is Cc1ccc(C(CNC(=O)c2ccc(-c3ccc(F)cc3)s2)N2CCOCC2)o1. The number of carbonyl (C=O) groups excluding carboxylic acids is 1. The fourth-order valence-electron chi connectivity index (χ4n) is 3.44. The quantitative estimate of drug-likeness (QED) is 0.655. The molecule has 1 aliphatic heterocycles. The van der Waals surface area contributed by atoms with Crippen molar-refractivity contribution >= 4 is 17.2 Å². The van der Waals surface area contributed by atoms with E-state index in [2.05, 4.69) is 10.2 Å². The molecule has 3 heterocycles. The first-order chi connectivity index (χ1) is 14.1. The Morgan fingerprint density at radius 1 is 1.14 bits per heavy atom. The molecule has 3 aromatic rings. The second kappa shape index (κ2) is 8.90. The van der Waals surface area contributed by atoms with E-state index in [1.807, 2.05) is 25.1 Å². The number of hydrogen-bond donors (Lipinski definition) is 1. The Morgan fingerprint density at radius 3 is 2.59 bits per heavy atom. The van der Waals surface area contributed by atoms with Crippen LogP contribution in [0.25, 0.3) is 10.4 Å². The van der Waals surface area contributed by atoms with E-state index in [0.717, 1.165) is 35.1 Å². The lowest BCUT2D eigenvalue weighted by atomic mass is 10.1. The summed E-state index contributed by atoms with van der Waals surface area (Å²) >= 11 is 1.40. The fourth-order valence-corrected chi connectivity index (χ4v) is 4.36. The number of furan rings is 1. The average molecular weight is 415 g/mol. The topological polar surface area (TPSA) is 54.7 Å². The molecule has 152 valence electrons. The van der Waals surface area contributed by atoms with Crippen molar-refractivity contribution in [3.63, 3.8) is 0 Å². The van der Waals surface area contributed by atoms with Crippen molar-refractivity contribution in [1.82, 2.24) is 10.2 Å². The first-order valence-electron chi connectivity index (χ1n) is 9.62. The van der Waals surface area contributed by atoms with Gasteiger partial charge in [-0.2, -0.15) is 0 Å². The summed E-state index contributed by atoms with van der Waals surface area (Å²) in [7, 11) is 0. The third-order valence-electron chi connectivity index (χ3n) is 4.99. The van der Waals surface area contributed by atoms with Gasteiger partial charge in [0.15, 0.2) is 0 Å². The van der Waals surface area contributed by atoms with Crippen LogP contribution in [0.15, 0.2) is 52.9 Å². The Balaban J connectivity index is 1.44. The zero-order valence-corrected chi connectivity index (χ0v) is 17.0. The van der Waals surface area contributed by atoms with Gasteiger partial charge in [0, 0.05) is 24.5 Å². The maximum absolute atomic E-state index is 13.1. The van der Waals surface area contributed by atoms with Gasteiger partial charge in [0.05, 0.1) is 24.1 Å². The highest BCUT2D eigenvalue weighted by atomic mass is 32.1. The van der Waals surface area contributed by atoms with Crippen LogP contribution < -0.4 is 5.32 Å². The third kappa shape index (κ3) is 4.75. The molecule has 0 radical (unpaired) electrons. The van der Waals surface area contributed by atoms with Gasteiger partial charge in [-0.3, -0.25) is 9.69 Å². The highest BCUT2D eigenvalue weighted by molar-refractivity contribution is 7.17. The number of thiophene rings is 1. The minimum atomic E-state index is -0.273. The van der Waals surface area contributed by atoms with Crippen molar-refractivity contribution < 1.29 is 18.3 Å². The highest BCUT2D eigenvalue weighted by Crippen LogP contribution is 2.29. The molecule has 1 amide bonds.